The maximum absolute atomic E-state index is 4.59. The third kappa shape index (κ3) is 3.96. The average Bonchev–Trinajstić information content (AvgIpc) is 2.25. The van der Waals surface area contributed by atoms with Gasteiger partial charge in [0.25, 0.3) is 0 Å². The van der Waals surface area contributed by atoms with Crippen molar-refractivity contribution in [1.29, 1.82) is 0 Å². The molecule has 0 aliphatic heterocycles. The van der Waals surface area contributed by atoms with E-state index in [1.54, 1.807) is 11.8 Å². The van der Waals surface area contributed by atoms with E-state index in [4.69, 9.17) is 0 Å². The highest BCUT2D eigenvalue weighted by Crippen LogP contribution is 2.21. The summed E-state index contributed by atoms with van der Waals surface area (Å²) in [6, 6.07) is 0. The summed E-state index contributed by atoms with van der Waals surface area (Å²) in [4.78, 5) is 9.19. The number of rotatable bonds is 6. The molecule has 1 atom stereocenters. The van der Waals surface area contributed by atoms with Crippen molar-refractivity contribution in [1.82, 2.24) is 15.3 Å². The van der Waals surface area contributed by atoms with Gasteiger partial charge >= 0.3 is 0 Å². The zero-order chi connectivity index (χ0) is 12.8. The number of hydrogen-bond acceptors (Lipinski definition) is 4. The quantitative estimate of drug-likeness (QED) is 0.846. The molecule has 0 aliphatic rings. The molecule has 1 rings (SSSR count). The van der Waals surface area contributed by atoms with E-state index in [2.05, 4.69) is 49.2 Å². The fourth-order valence-corrected chi connectivity index (χ4v) is 2.55. The van der Waals surface area contributed by atoms with E-state index in [-0.39, 0.29) is 0 Å². The molecule has 1 aromatic heterocycles. The van der Waals surface area contributed by atoms with E-state index in [1.165, 1.54) is 5.56 Å². The summed E-state index contributed by atoms with van der Waals surface area (Å²) in [6.45, 7) is 10.5. The van der Waals surface area contributed by atoms with Crippen LogP contribution in [0.3, 0.4) is 0 Å². The van der Waals surface area contributed by atoms with Gasteiger partial charge < -0.3 is 5.32 Å². The van der Waals surface area contributed by atoms with E-state index in [0.29, 0.717) is 5.92 Å². The van der Waals surface area contributed by atoms with Gasteiger partial charge in [-0.3, -0.25) is 0 Å². The molecule has 1 unspecified atom stereocenters. The van der Waals surface area contributed by atoms with Gasteiger partial charge in [-0.2, -0.15) is 11.8 Å². The third-order valence-corrected chi connectivity index (χ3v) is 3.39. The van der Waals surface area contributed by atoms with Crippen LogP contribution in [0.5, 0.6) is 0 Å². The van der Waals surface area contributed by atoms with Crippen LogP contribution < -0.4 is 5.32 Å². The molecule has 3 nitrogen and oxygen atoms in total. The van der Waals surface area contributed by atoms with Crippen LogP contribution in [-0.2, 0) is 5.75 Å². The molecule has 0 saturated carbocycles. The third-order valence-electron chi connectivity index (χ3n) is 2.84. The molecule has 0 aromatic carbocycles. The van der Waals surface area contributed by atoms with Crippen molar-refractivity contribution < 1.29 is 0 Å². The van der Waals surface area contributed by atoms with Crippen molar-refractivity contribution in [3.05, 3.63) is 22.8 Å². The van der Waals surface area contributed by atoms with Gasteiger partial charge in [0.05, 0.1) is 5.75 Å². The Morgan fingerprint density at radius 2 is 1.82 bits per heavy atom. The highest BCUT2D eigenvalue weighted by Gasteiger charge is 2.14. The molecule has 0 radical (unpaired) electrons. The standard InChI is InChI=1S/C13H23N3S/c1-6-14-7-9(2)13-10(3)15-12(8-17-5)16-11(13)4/h9,14H,6-8H2,1-5H3. The summed E-state index contributed by atoms with van der Waals surface area (Å²) in [5, 5.41) is 3.38. The Labute approximate surface area is 109 Å². The largest absolute Gasteiger partial charge is 0.316 e. The summed E-state index contributed by atoms with van der Waals surface area (Å²) in [6.07, 6.45) is 2.08. The van der Waals surface area contributed by atoms with Crippen molar-refractivity contribution in [3.8, 4) is 0 Å². The molecule has 1 aromatic rings. The van der Waals surface area contributed by atoms with Crippen LogP contribution in [0.1, 0.15) is 42.5 Å². The average molecular weight is 253 g/mol. The normalized spacial score (nSPS) is 12.8. The highest BCUT2D eigenvalue weighted by atomic mass is 32.2. The summed E-state index contributed by atoms with van der Waals surface area (Å²) in [7, 11) is 0. The fraction of sp³-hybridized carbons (Fsp3) is 0.692. The Morgan fingerprint density at radius 3 is 2.29 bits per heavy atom. The second kappa shape index (κ2) is 6.97. The number of likely N-dealkylation sites (N-methyl/N-ethyl adjacent to an activating group) is 1. The smallest absolute Gasteiger partial charge is 0.138 e. The first-order valence-electron chi connectivity index (χ1n) is 6.13. The number of aryl methyl sites for hydroxylation is 2. The lowest BCUT2D eigenvalue weighted by atomic mass is 9.98. The molecule has 0 fully saturated rings. The first kappa shape index (κ1) is 14.5. The lowest BCUT2D eigenvalue weighted by Crippen LogP contribution is -2.21. The van der Waals surface area contributed by atoms with Gasteiger partial charge in [0, 0.05) is 17.9 Å². The van der Waals surface area contributed by atoms with Gasteiger partial charge in [-0.1, -0.05) is 13.8 Å². The van der Waals surface area contributed by atoms with E-state index in [9.17, 15) is 0 Å². The Kier molecular flexibility index (Phi) is 5.92. The second-order valence-electron chi connectivity index (χ2n) is 4.37. The lowest BCUT2D eigenvalue weighted by molar-refractivity contribution is 0.623. The Balaban J connectivity index is 2.92. The zero-order valence-electron chi connectivity index (χ0n) is 11.5. The fourth-order valence-electron chi connectivity index (χ4n) is 2.16. The van der Waals surface area contributed by atoms with Gasteiger partial charge in [0.2, 0.25) is 0 Å². The van der Waals surface area contributed by atoms with Crippen LogP contribution in [0.15, 0.2) is 0 Å². The van der Waals surface area contributed by atoms with E-state index >= 15 is 0 Å². The van der Waals surface area contributed by atoms with Gasteiger partial charge in [0.1, 0.15) is 5.82 Å². The van der Waals surface area contributed by atoms with Crippen LogP contribution in [0, 0.1) is 13.8 Å². The zero-order valence-corrected chi connectivity index (χ0v) is 12.3. The molecule has 0 aliphatic carbocycles. The van der Waals surface area contributed by atoms with Crippen LogP contribution in [0.4, 0.5) is 0 Å². The minimum atomic E-state index is 0.471. The van der Waals surface area contributed by atoms with E-state index < -0.39 is 0 Å². The number of hydrogen-bond donors (Lipinski definition) is 1. The van der Waals surface area contributed by atoms with Crippen LogP contribution in [0.2, 0.25) is 0 Å². The summed E-state index contributed by atoms with van der Waals surface area (Å²) in [5.41, 5.74) is 3.56. The van der Waals surface area contributed by atoms with Crippen molar-refractivity contribution >= 4 is 11.8 Å². The molecular formula is C13H23N3S. The first-order chi connectivity index (χ1) is 8.10. The van der Waals surface area contributed by atoms with Gasteiger partial charge in [-0.15, -0.1) is 0 Å². The SMILES string of the molecule is CCNCC(C)c1c(C)nc(CSC)nc1C. The molecule has 1 N–H and O–H groups in total. The summed E-state index contributed by atoms with van der Waals surface area (Å²) in [5.74, 6) is 2.31. The maximum atomic E-state index is 4.59. The van der Waals surface area contributed by atoms with E-state index in [0.717, 1.165) is 36.1 Å². The predicted molar refractivity (Wildman–Crippen MR) is 75.7 cm³/mol. The monoisotopic (exact) mass is 253 g/mol. The van der Waals surface area contributed by atoms with Gasteiger partial charge in [-0.25, -0.2) is 9.97 Å². The van der Waals surface area contributed by atoms with E-state index in [1.807, 2.05) is 0 Å². The molecule has 17 heavy (non-hydrogen) atoms. The van der Waals surface area contributed by atoms with Crippen LogP contribution in [-0.4, -0.2) is 29.3 Å². The van der Waals surface area contributed by atoms with Gasteiger partial charge in [-0.05, 0) is 38.1 Å². The molecular weight excluding hydrogens is 230 g/mol. The molecule has 96 valence electrons. The second-order valence-corrected chi connectivity index (χ2v) is 5.23. The molecule has 0 amide bonds. The number of aromatic nitrogens is 2. The molecule has 1 heterocycles. The van der Waals surface area contributed by atoms with Crippen molar-refractivity contribution in [2.24, 2.45) is 0 Å². The summed E-state index contributed by atoms with van der Waals surface area (Å²) < 4.78 is 0. The Morgan fingerprint density at radius 1 is 1.24 bits per heavy atom. The number of nitrogens with zero attached hydrogens (tertiary/aromatic N) is 2. The number of nitrogens with one attached hydrogen (secondary N) is 1. The highest BCUT2D eigenvalue weighted by molar-refractivity contribution is 7.97. The Bertz CT molecular complexity index is 343. The van der Waals surface area contributed by atoms with Crippen molar-refractivity contribution in [3.63, 3.8) is 0 Å². The molecule has 0 bridgehead atoms. The van der Waals surface area contributed by atoms with Crippen LogP contribution in [0.25, 0.3) is 0 Å². The molecule has 0 spiro atoms. The minimum Gasteiger partial charge on any atom is -0.316 e. The predicted octanol–water partition coefficient (Wildman–Crippen LogP) is 2.67. The topological polar surface area (TPSA) is 37.8 Å². The van der Waals surface area contributed by atoms with Crippen LogP contribution >= 0.6 is 11.8 Å². The Hall–Kier alpha value is -0.610. The van der Waals surface area contributed by atoms with Crippen molar-refractivity contribution in [2.75, 3.05) is 19.3 Å². The number of thioether (sulfide) groups is 1. The minimum absolute atomic E-state index is 0.471. The summed E-state index contributed by atoms with van der Waals surface area (Å²) >= 11 is 1.76. The van der Waals surface area contributed by atoms with Crippen molar-refractivity contribution in [2.45, 2.75) is 39.4 Å². The maximum Gasteiger partial charge on any atom is 0.138 e. The lowest BCUT2D eigenvalue weighted by Gasteiger charge is -2.17. The van der Waals surface area contributed by atoms with Gasteiger partial charge in [0.15, 0.2) is 0 Å². The first-order valence-corrected chi connectivity index (χ1v) is 7.53. The molecule has 4 heteroatoms. The molecule has 0 saturated heterocycles.